The van der Waals surface area contributed by atoms with Crippen molar-refractivity contribution in [2.24, 2.45) is 0 Å². The number of rotatable bonds is 8. The van der Waals surface area contributed by atoms with Gasteiger partial charge in [0.25, 0.3) is 0 Å². The fourth-order valence-corrected chi connectivity index (χ4v) is 1.27. The molecule has 15 heavy (non-hydrogen) atoms. The van der Waals surface area contributed by atoms with E-state index in [1.807, 2.05) is 0 Å². The molecule has 0 aliphatic carbocycles. The van der Waals surface area contributed by atoms with Crippen molar-refractivity contribution < 1.29 is 19.8 Å². The van der Waals surface area contributed by atoms with Crippen LogP contribution in [0.15, 0.2) is 0 Å². The SMILES string of the molecule is [2H]C(=O)NCCCOP[N+](C)(O[B])B([B])[B]. The van der Waals surface area contributed by atoms with E-state index in [9.17, 15) is 4.79 Å². The van der Waals surface area contributed by atoms with Gasteiger partial charge in [-0.1, -0.05) is 0 Å². The Bertz CT molecular complexity index is 228. The molecule has 6 radical (unpaired) electrons. The van der Waals surface area contributed by atoms with Gasteiger partial charge in [-0.2, -0.15) is 0 Å². The quantitative estimate of drug-likeness (QED) is 0.178. The van der Waals surface area contributed by atoms with Gasteiger partial charge >= 0.3 is 14.7 Å². The van der Waals surface area contributed by atoms with Crippen LogP contribution < -0.4 is 5.32 Å². The molecule has 0 saturated heterocycles. The van der Waals surface area contributed by atoms with Gasteiger partial charge in [0.1, 0.15) is 16.8 Å². The van der Waals surface area contributed by atoms with Gasteiger partial charge in [0.15, 0.2) is 0 Å². The summed E-state index contributed by atoms with van der Waals surface area (Å²) in [5.74, 6) is 0. The maximum absolute atomic E-state index is 10.2. The zero-order valence-electron chi connectivity index (χ0n) is 9.60. The van der Waals surface area contributed by atoms with Crippen LogP contribution in [0.25, 0.3) is 0 Å². The van der Waals surface area contributed by atoms with Crippen LogP contribution >= 0.6 is 8.96 Å². The van der Waals surface area contributed by atoms with Gasteiger partial charge < -0.3 is 14.6 Å². The fourth-order valence-electron chi connectivity index (χ4n) is 0.610. The lowest BCUT2D eigenvalue weighted by atomic mass is 9.27. The van der Waals surface area contributed by atoms with Crippen molar-refractivity contribution in [1.29, 1.82) is 0 Å². The van der Waals surface area contributed by atoms with Crippen LogP contribution in [0.3, 0.4) is 0 Å². The summed E-state index contributed by atoms with van der Waals surface area (Å²) >= 11 is 0. The summed E-state index contributed by atoms with van der Waals surface area (Å²) in [6.45, 7) is -0.0200. The first-order chi connectivity index (χ1) is 7.42. The molecule has 0 rings (SSSR count). The highest BCUT2D eigenvalue weighted by Crippen LogP contribution is 2.28. The van der Waals surface area contributed by atoms with E-state index in [2.05, 4.69) is 10.1 Å². The second-order valence-electron chi connectivity index (χ2n) is 2.91. The molecule has 0 saturated carbocycles. The van der Waals surface area contributed by atoms with E-state index in [0.29, 0.717) is 19.6 Å². The smallest absolute Gasteiger partial charge is 0.359 e. The van der Waals surface area contributed by atoms with E-state index in [1.54, 1.807) is 7.05 Å². The minimum absolute atomic E-state index is 0.157. The Hall–Kier alpha value is 0.0397. The van der Waals surface area contributed by atoms with E-state index in [1.165, 1.54) is 0 Å². The predicted octanol–water partition coefficient (Wildman–Crippen LogP) is -1.57. The zero-order chi connectivity index (χ0) is 12.6. The molecule has 0 fully saturated rings. The molecule has 5 nitrogen and oxygen atoms in total. The minimum Gasteiger partial charge on any atom is -0.359 e. The van der Waals surface area contributed by atoms with Crippen molar-refractivity contribution in [2.75, 3.05) is 20.2 Å². The molecule has 1 N–H and O–H groups in total. The maximum atomic E-state index is 10.2. The summed E-state index contributed by atoms with van der Waals surface area (Å²) in [5, 5.41) is 2.32. The highest BCUT2D eigenvalue weighted by atomic mass is 31.1. The van der Waals surface area contributed by atoms with Crippen LogP contribution in [0.2, 0.25) is 0 Å². The zero-order valence-corrected chi connectivity index (χ0v) is 9.60. The van der Waals surface area contributed by atoms with Gasteiger partial charge in [0.05, 0.1) is 13.7 Å². The van der Waals surface area contributed by atoms with Crippen molar-refractivity contribution in [1.82, 2.24) is 5.32 Å². The lowest BCUT2D eigenvalue weighted by Gasteiger charge is -2.33. The van der Waals surface area contributed by atoms with Gasteiger partial charge in [0, 0.05) is 6.54 Å². The van der Waals surface area contributed by atoms with E-state index in [0.717, 1.165) is 0 Å². The Kier molecular flexibility index (Phi) is 7.18. The molecular formula is C5H12B4N2O3P+. The number of nitrogens with zero attached hydrogens (tertiary/aromatic N) is 1. The third kappa shape index (κ3) is 6.25. The lowest BCUT2D eigenvalue weighted by molar-refractivity contribution is -0.867. The molecule has 10 heteroatoms. The molecular weight excluding hydrogens is 210 g/mol. The fraction of sp³-hybridized carbons (Fsp3) is 0.800. The van der Waals surface area contributed by atoms with Crippen molar-refractivity contribution >= 4 is 45.5 Å². The number of amides is 1. The molecule has 1 amide bonds. The Labute approximate surface area is 97.8 Å². The Morgan fingerprint density at radius 2 is 2.40 bits per heavy atom. The van der Waals surface area contributed by atoms with Crippen LogP contribution in [0.1, 0.15) is 7.79 Å². The van der Waals surface area contributed by atoms with Crippen molar-refractivity contribution in [2.45, 2.75) is 6.42 Å². The molecule has 0 aliphatic rings. The molecule has 0 aromatic heterocycles. The Balaban J connectivity index is 3.60. The Morgan fingerprint density at radius 1 is 1.73 bits per heavy atom. The van der Waals surface area contributed by atoms with Crippen molar-refractivity contribution in [3.8, 4) is 0 Å². The molecule has 2 unspecified atom stereocenters. The molecule has 0 aromatic rings. The first-order valence-corrected chi connectivity index (χ1v) is 5.17. The van der Waals surface area contributed by atoms with Gasteiger partial charge in [0.2, 0.25) is 15.3 Å². The number of hydrogen-bond donors (Lipinski definition) is 1. The standard InChI is InChI=1S/C5H11B4N2O3P/c1-11(14-8,9(6)7)15-13-4-2-3-10-5-12/h5,15H,2-4H2,1H3/p+1/i5D. The monoisotopic (exact) mass is 224 g/mol. The van der Waals surface area contributed by atoms with Gasteiger partial charge in [-0.15, -0.1) is 0 Å². The number of nitrogens with one attached hydrogen (secondary N) is 1. The van der Waals surface area contributed by atoms with Crippen LogP contribution in [0.4, 0.5) is 0 Å². The van der Waals surface area contributed by atoms with Crippen molar-refractivity contribution in [3.05, 3.63) is 0 Å². The highest BCUT2D eigenvalue weighted by molar-refractivity contribution is 7.35. The van der Waals surface area contributed by atoms with E-state index >= 15 is 0 Å². The normalized spacial score (nSPS) is 15.9. The third-order valence-electron chi connectivity index (χ3n) is 1.65. The molecule has 0 aliphatic heterocycles. The molecule has 2 atom stereocenters. The van der Waals surface area contributed by atoms with Gasteiger partial charge in [-0.05, 0) is 6.42 Å². The summed E-state index contributed by atoms with van der Waals surface area (Å²) in [7, 11) is 17.4. The van der Waals surface area contributed by atoms with Crippen molar-refractivity contribution in [3.63, 3.8) is 0 Å². The highest BCUT2D eigenvalue weighted by Gasteiger charge is 2.29. The first kappa shape index (κ1) is 13.1. The summed E-state index contributed by atoms with van der Waals surface area (Å²) in [6, 6.07) is 0. The largest absolute Gasteiger partial charge is 0.375 e. The van der Waals surface area contributed by atoms with Crippen LogP contribution in [0.5, 0.6) is 0 Å². The molecule has 0 heterocycles. The number of carbonyl (C=O) groups excluding carboxylic acids is 1. The predicted molar refractivity (Wildman–Crippen MR) is 63.2 cm³/mol. The van der Waals surface area contributed by atoms with Gasteiger partial charge in [-0.25, -0.2) is 4.33 Å². The third-order valence-corrected chi connectivity index (χ3v) is 2.75. The second-order valence-corrected chi connectivity index (χ2v) is 4.27. The van der Waals surface area contributed by atoms with Crippen LogP contribution in [0, 0.1) is 0 Å². The number of hydroxylamine groups is 1. The number of quaternary nitrogens is 1. The second kappa shape index (κ2) is 8.22. The molecule has 0 bridgehead atoms. The van der Waals surface area contributed by atoms with E-state index < -0.39 is 13.0 Å². The first-order valence-electron chi connectivity index (χ1n) is 4.81. The average Bonchev–Trinajstić information content (AvgIpc) is 2.22. The number of carbonyl (C=O) groups is 1. The molecule has 0 aromatic carbocycles. The lowest BCUT2D eigenvalue weighted by Crippen LogP contribution is -2.50. The number of hydrogen-bond acceptors (Lipinski definition) is 3. The van der Waals surface area contributed by atoms with E-state index in [-0.39, 0.29) is 13.3 Å². The summed E-state index contributed by atoms with van der Waals surface area (Å²) in [5.41, 5.74) is 0. The molecule has 76 valence electrons. The molecule has 0 spiro atoms. The summed E-state index contributed by atoms with van der Waals surface area (Å²) < 4.78 is 16.2. The Morgan fingerprint density at radius 3 is 2.87 bits per heavy atom. The van der Waals surface area contributed by atoms with Gasteiger partial charge in [-0.3, -0.25) is 4.79 Å². The van der Waals surface area contributed by atoms with Crippen LogP contribution in [-0.4, -0.2) is 61.1 Å². The van der Waals surface area contributed by atoms with Crippen LogP contribution in [-0.2, 0) is 14.1 Å². The maximum Gasteiger partial charge on any atom is 0.375 e. The van der Waals surface area contributed by atoms with E-state index in [4.69, 9.17) is 29.4 Å². The summed E-state index contributed by atoms with van der Waals surface area (Å²) in [4.78, 5) is 10.2. The average molecular weight is 223 g/mol. The minimum atomic E-state index is -0.808. The topological polar surface area (TPSA) is 47.6 Å². The summed E-state index contributed by atoms with van der Waals surface area (Å²) in [6.07, 6.45) is -0.223.